The zero-order chi connectivity index (χ0) is 15.4. The monoisotopic (exact) mass is 317 g/mol. The van der Waals surface area contributed by atoms with Gasteiger partial charge in [-0.1, -0.05) is 36.0 Å². The summed E-state index contributed by atoms with van der Waals surface area (Å²) in [6.45, 7) is 2.02. The number of ether oxygens (including phenoxy) is 1. The third-order valence-electron chi connectivity index (χ3n) is 2.97. The summed E-state index contributed by atoms with van der Waals surface area (Å²) in [5.41, 5.74) is 0.852. The van der Waals surface area contributed by atoms with Gasteiger partial charge in [0, 0.05) is 12.0 Å². The highest BCUT2D eigenvalue weighted by atomic mass is 32.2. The van der Waals surface area contributed by atoms with Crippen molar-refractivity contribution in [2.24, 2.45) is 0 Å². The molecule has 3 rings (SSSR count). The van der Waals surface area contributed by atoms with E-state index in [0.717, 1.165) is 23.6 Å². The molecule has 0 spiro atoms. The minimum atomic E-state index is 0.526. The summed E-state index contributed by atoms with van der Waals surface area (Å²) < 4.78 is 10.5. The predicted molar refractivity (Wildman–Crippen MR) is 81.6 cm³/mol. The van der Waals surface area contributed by atoms with Gasteiger partial charge in [0.2, 0.25) is 16.9 Å². The standard InChI is InChI=1S/C14H15N5O2S/c1-3-11-15-14(18-17-11)22-8-12-16-13(19-21-12)9-5-4-6-10(7-9)20-2/h4-7H,3,8H2,1-2H3,(H,15,17,18). The van der Waals surface area contributed by atoms with Gasteiger partial charge in [-0.2, -0.15) is 4.98 Å². The van der Waals surface area contributed by atoms with Gasteiger partial charge in [-0.3, -0.25) is 5.10 Å². The number of aryl methyl sites for hydroxylation is 1. The Balaban J connectivity index is 1.68. The Morgan fingerprint density at radius 3 is 3.00 bits per heavy atom. The molecule has 0 fully saturated rings. The molecule has 1 aromatic carbocycles. The van der Waals surface area contributed by atoms with Gasteiger partial charge in [-0.15, -0.1) is 5.10 Å². The summed E-state index contributed by atoms with van der Waals surface area (Å²) in [6, 6.07) is 7.53. The van der Waals surface area contributed by atoms with E-state index in [-0.39, 0.29) is 0 Å². The number of hydrogen-bond donors (Lipinski definition) is 1. The van der Waals surface area contributed by atoms with Gasteiger partial charge in [0.25, 0.3) is 0 Å². The van der Waals surface area contributed by atoms with E-state index in [9.17, 15) is 0 Å². The van der Waals surface area contributed by atoms with Crippen molar-refractivity contribution in [2.75, 3.05) is 7.11 Å². The minimum absolute atomic E-state index is 0.526. The second-order valence-electron chi connectivity index (χ2n) is 4.45. The van der Waals surface area contributed by atoms with Gasteiger partial charge < -0.3 is 9.26 Å². The van der Waals surface area contributed by atoms with Crippen LogP contribution >= 0.6 is 11.8 Å². The Kier molecular flexibility index (Phi) is 4.38. The zero-order valence-corrected chi connectivity index (χ0v) is 13.1. The molecule has 0 atom stereocenters. The molecule has 0 bridgehead atoms. The van der Waals surface area contributed by atoms with Crippen molar-refractivity contribution in [1.82, 2.24) is 25.3 Å². The molecule has 0 aliphatic heterocycles. The van der Waals surface area contributed by atoms with Crippen LogP contribution in [0.1, 0.15) is 18.6 Å². The van der Waals surface area contributed by atoms with Gasteiger partial charge >= 0.3 is 0 Å². The van der Waals surface area contributed by atoms with E-state index in [0.29, 0.717) is 22.6 Å². The fraction of sp³-hybridized carbons (Fsp3) is 0.286. The topological polar surface area (TPSA) is 89.7 Å². The van der Waals surface area contributed by atoms with Crippen LogP contribution in [-0.4, -0.2) is 32.4 Å². The van der Waals surface area contributed by atoms with Gasteiger partial charge in [-0.25, -0.2) is 4.98 Å². The van der Waals surface area contributed by atoms with Crippen LogP contribution in [0.5, 0.6) is 5.75 Å². The lowest BCUT2D eigenvalue weighted by molar-refractivity contribution is 0.391. The second-order valence-corrected chi connectivity index (χ2v) is 5.39. The quantitative estimate of drug-likeness (QED) is 0.699. The first-order valence-electron chi connectivity index (χ1n) is 6.79. The first-order valence-corrected chi connectivity index (χ1v) is 7.78. The van der Waals surface area contributed by atoms with Crippen LogP contribution in [-0.2, 0) is 12.2 Å². The van der Waals surface area contributed by atoms with Crippen LogP contribution < -0.4 is 4.74 Å². The van der Waals surface area contributed by atoms with E-state index in [2.05, 4.69) is 25.3 Å². The highest BCUT2D eigenvalue weighted by Gasteiger charge is 2.11. The van der Waals surface area contributed by atoms with E-state index < -0.39 is 0 Å². The number of thioether (sulfide) groups is 1. The van der Waals surface area contributed by atoms with Crippen molar-refractivity contribution in [3.63, 3.8) is 0 Å². The van der Waals surface area contributed by atoms with Gasteiger partial charge in [0.15, 0.2) is 0 Å². The Labute approximate surface area is 131 Å². The molecule has 114 valence electrons. The molecule has 0 saturated carbocycles. The summed E-state index contributed by atoms with van der Waals surface area (Å²) in [6.07, 6.45) is 0.827. The molecule has 2 aromatic heterocycles. The van der Waals surface area contributed by atoms with Crippen molar-refractivity contribution in [3.8, 4) is 17.1 Å². The number of aromatic nitrogens is 5. The Bertz CT molecular complexity index is 755. The maximum Gasteiger partial charge on any atom is 0.237 e. The van der Waals surface area contributed by atoms with E-state index in [1.165, 1.54) is 11.8 Å². The molecule has 0 saturated heterocycles. The van der Waals surface area contributed by atoms with E-state index in [1.807, 2.05) is 31.2 Å². The fourth-order valence-electron chi connectivity index (χ4n) is 1.82. The third-order valence-corrected chi connectivity index (χ3v) is 3.80. The highest BCUT2D eigenvalue weighted by molar-refractivity contribution is 7.98. The van der Waals surface area contributed by atoms with E-state index in [1.54, 1.807) is 7.11 Å². The summed E-state index contributed by atoms with van der Waals surface area (Å²) >= 11 is 1.45. The van der Waals surface area contributed by atoms with E-state index >= 15 is 0 Å². The number of nitrogens with zero attached hydrogens (tertiary/aromatic N) is 4. The average Bonchev–Trinajstić information content (AvgIpc) is 3.22. The first kappa shape index (κ1) is 14.6. The number of nitrogens with one attached hydrogen (secondary N) is 1. The molecular weight excluding hydrogens is 302 g/mol. The molecule has 0 aliphatic rings. The maximum atomic E-state index is 5.26. The van der Waals surface area contributed by atoms with Crippen LogP contribution in [0.3, 0.4) is 0 Å². The molecule has 0 radical (unpaired) electrons. The van der Waals surface area contributed by atoms with Gasteiger partial charge in [0.05, 0.1) is 12.9 Å². The molecule has 8 heteroatoms. The minimum Gasteiger partial charge on any atom is -0.497 e. The Hall–Kier alpha value is -2.35. The van der Waals surface area contributed by atoms with Crippen LogP contribution in [0.4, 0.5) is 0 Å². The van der Waals surface area contributed by atoms with Crippen LogP contribution in [0, 0.1) is 0 Å². The highest BCUT2D eigenvalue weighted by Crippen LogP contribution is 2.23. The van der Waals surface area contributed by atoms with Crippen LogP contribution in [0.15, 0.2) is 33.9 Å². The zero-order valence-electron chi connectivity index (χ0n) is 12.2. The van der Waals surface area contributed by atoms with Crippen LogP contribution in [0.25, 0.3) is 11.4 Å². The van der Waals surface area contributed by atoms with Gasteiger partial charge in [0.1, 0.15) is 11.6 Å². The number of H-pyrrole nitrogens is 1. The molecule has 0 unspecified atom stereocenters. The SMILES string of the molecule is CCc1nc(SCc2nc(-c3cccc(OC)c3)no2)n[nH]1. The maximum absolute atomic E-state index is 5.26. The predicted octanol–water partition coefficient (Wildman–Crippen LogP) is 2.72. The van der Waals surface area contributed by atoms with Crippen LogP contribution in [0.2, 0.25) is 0 Å². The molecule has 22 heavy (non-hydrogen) atoms. The number of rotatable bonds is 6. The number of benzene rings is 1. The number of aromatic amines is 1. The molecule has 7 nitrogen and oxygen atoms in total. The summed E-state index contributed by atoms with van der Waals surface area (Å²) in [5, 5.41) is 11.7. The fourth-order valence-corrected chi connectivity index (χ4v) is 2.47. The number of methoxy groups -OCH3 is 1. The lowest BCUT2D eigenvalue weighted by Crippen LogP contribution is -1.86. The smallest absolute Gasteiger partial charge is 0.237 e. The molecular formula is C14H15N5O2S. The Morgan fingerprint density at radius 1 is 1.32 bits per heavy atom. The summed E-state index contributed by atoms with van der Waals surface area (Å²) in [5.74, 6) is 3.22. The van der Waals surface area contributed by atoms with Crippen molar-refractivity contribution in [1.29, 1.82) is 0 Å². The summed E-state index contributed by atoms with van der Waals surface area (Å²) in [7, 11) is 1.62. The van der Waals surface area contributed by atoms with E-state index in [4.69, 9.17) is 9.26 Å². The van der Waals surface area contributed by atoms with Gasteiger partial charge in [-0.05, 0) is 12.1 Å². The Morgan fingerprint density at radius 2 is 2.23 bits per heavy atom. The molecule has 0 aliphatic carbocycles. The number of hydrogen-bond acceptors (Lipinski definition) is 7. The van der Waals surface area contributed by atoms with Crippen molar-refractivity contribution in [3.05, 3.63) is 36.0 Å². The van der Waals surface area contributed by atoms with Crippen molar-refractivity contribution in [2.45, 2.75) is 24.3 Å². The average molecular weight is 317 g/mol. The first-order chi connectivity index (χ1) is 10.8. The van der Waals surface area contributed by atoms with Crippen molar-refractivity contribution >= 4 is 11.8 Å². The molecule has 2 heterocycles. The lowest BCUT2D eigenvalue weighted by Gasteiger charge is -1.99. The van der Waals surface area contributed by atoms with Crippen molar-refractivity contribution < 1.29 is 9.26 Å². The summed E-state index contributed by atoms with van der Waals surface area (Å²) in [4.78, 5) is 8.70. The second kappa shape index (κ2) is 6.61. The molecule has 3 aromatic rings. The third kappa shape index (κ3) is 3.28. The normalized spacial score (nSPS) is 10.8. The molecule has 1 N–H and O–H groups in total. The molecule has 0 amide bonds. The lowest BCUT2D eigenvalue weighted by atomic mass is 10.2. The largest absolute Gasteiger partial charge is 0.497 e.